The minimum absolute atomic E-state index is 0.373. The molecule has 0 fully saturated rings. The third kappa shape index (κ3) is 5.80. The molecule has 0 aliphatic rings. The summed E-state index contributed by atoms with van der Waals surface area (Å²) in [6.45, 7) is 2.65. The number of hydrogen-bond donors (Lipinski definition) is 1. The fourth-order valence-electron chi connectivity index (χ4n) is 3.70. The maximum absolute atomic E-state index is 10.8. The van der Waals surface area contributed by atoms with E-state index < -0.39 is 5.97 Å². The van der Waals surface area contributed by atoms with E-state index in [0.29, 0.717) is 25.3 Å². The maximum atomic E-state index is 10.8. The number of oxime groups is 1. The number of fused-ring (bicyclic) bond motifs is 1. The molecular weight excluding hydrogens is 416 g/mol. The van der Waals surface area contributed by atoms with E-state index in [9.17, 15) is 4.79 Å². The first-order chi connectivity index (χ1) is 16.1. The van der Waals surface area contributed by atoms with Crippen LogP contribution in [0.15, 0.2) is 90.2 Å². The fourth-order valence-corrected chi connectivity index (χ4v) is 3.70. The lowest BCUT2D eigenvalue weighted by Gasteiger charge is -2.12. The van der Waals surface area contributed by atoms with Crippen molar-refractivity contribution < 1.29 is 19.5 Å². The zero-order valence-electron chi connectivity index (χ0n) is 18.5. The Kier molecular flexibility index (Phi) is 7.05. The normalized spacial score (nSPS) is 11.5. The Labute approximate surface area is 192 Å². The Hall–Kier alpha value is -4.06. The van der Waals surface area contributed by atoms with Crippen molar-refractivity contribution in [1.82, 2.24) is 4.57 Å². The first kappa shape index (κ1) is 22.1. The predicted octanol–water partition coefficient (Wildman–Crippen LogP) is 5.08. The molecule has 0 atom stereocenters. The third-order valence-electron chi connectivity index (χ3n) is 5.35. The van der Waals surface area contributed by atoms with Crippen LogP contribution < -0.4 is 4.74 Å². The summed E-state index contributed by atoms with van der Waals surface area (Å²) in [7, 11) is 0. The summed E-state index contributed by atoms with van der Waals surface area (Å²) < 4.78 is 7.51. The second-order valence-electron chi connectivity index (χ2n) is 7.76. The largest absolute Gasteiger partial charge is 0.482 e. The molecule has 0 aliphatic heterocycles. The number of carboxylic acids is 1. The van der Waals surface area contributed by atoms with E-state index in [1.54, 1.807) is 6.07 Å². The standard InChI is InChI=1S/C27H26N2O4/c1-20-17-23(11-12-26(20)32-19-27(30)31)24(18-21-7-3-2-4-8-21)28-33-16-15-29-14-13-22-9-5-6-10-25(22)29/h2-14,17H,15-16,18-19H2,1H3,(H,30,31). The van der Waals surface area contributed by atoms with Crippen molar-refractivity contribution in [3.63, 3.8) is 0 Å². The van der Waals surface area contributed by atoms with Crippen molar-refractivity contribution in [2.24, 2.45) is 5.16 Å². The smallest absolute Gasteiger partial charge is 0.341 e. The number of aromatic nitrogens is 1. The van der Waals surface area contributed by atoms with Crippen molar-refractivity contribution in [2.45, 2.75) is 19.9 Å². The number of benzene rings is 3. The second kappa shape index (κ2) is 10.5. The van der Waals surface area contributed by atoms with Crippen LogP contribution in [0.1, 0.15) is 16.7 Å². The molecule has 0 unspecified atom stereocenters. The van der Waals surface area contributed by atoms with Gasteiger partial charge < -0.3 is 19.2 Å². The molecule has 1 N–H and O–H groups in total. The van der Waals surface area contributed by atoms with Crippen LogP contribution in [-0.2, 0) is 22.6 Å². The van der Waals surface area contributed by atoms with Crippen LogP contribution in [0, 0.1) is 6.92 Å². The Morgan fingerprint density at radius 1 is 1.00 bits per heavy atom. The Morgan fingerprint density at radius 3 is 2.58 bits per heavy atom. The quantitative estimate of drug-likeness (QED) is 0.211. The van der Waals surface area contributed by atoms with Crippen LogP contribution in [0.25, 0.3) is 10.9 Å². The molecule has 3 aromatic carbocycles. The van der Waals surface area contributed by atoms with Crippen molar-refractivity contribution in [3.05, 3.63) is 102 Å². The summed E-state index contributed by atoms with van der Waals surface area (Å²) >= 11 is 0. The lowest BCUT2D eigenvalue weighted by atomic mass is 10.0. The molecule has 1 heterocycles. The second-order valence-corrected chi connectivity index (χ2v) is 7.76. The Balaban J connectivity index is 1.50. The van der Waals surface area contributed by atoms with Crippen LogP contribution >= 0.6 is 0 Å². The van der Waals surface area contributed by atoms with Gasteiger partial charge in [0, 0.05) is 23.7 Å². The number of aryl methyl sites for hydroxylation is 1. The van der Waals surface area contributed by atoms with Gasteiger partial charge in [-0.05, 0) is 53.8 Å². The van der Waals surface area contributed by atoms with Crippen LogP contribution in [0.3, 0.4) is 0 Å². The molecular formula is C27H26N2O4. The van der Waals surface area contributed by atoms with E-state index in [1.165, 1.54) is 10.9 Å². The highest BCUT2D eigenvalue weighted by molar-refractivity contribution is 6.01. The minimum Gasteiger partial charge on any atom is -0.482 e. The predicted molar refractivity (Wildman–Crippen MR) is 129 cm³/mol. The van der Waals surface area contributed by atoms with Gasteiger partial charge in [0.1, 0.15) is 12.4 Å². The number of para-hydroxylation sites is 1. The van der Waals surface area contributed by atoms with Crippen molar-refractivity contribution in [3.8, 4) is 5.75 Å². The molecule has 0 saturated heterocycles. The average molecular weight is 443 g/mol. The summed E-state index contributed by atoms with van der Waals surface area (Å²) in [5, 5.41) is 14.5. The highest BCUT2D eigenvalue weighted by atomic mass is 16.6. The third-order valence-corrected chi connectivity index (χ3v) is 5.35. The molecule has 1 aromatic heterocycles. The molecule has 0 spiro atoms. The minimum atomic E-state index is -1.01. The summed E-state index contributed by atoms with van der Waals surface area (Å²) in [5.41, 5.74) is 4.84. The zero-order chi connectivity index (χ0) is 23.0. The molecule has 0 bridgehead atoms. The van der Waals surface area contributed by atoms with Gasteiger partial charge in [0.05, 0.1) is 12.3 Å². The number of carbonyl (C=O) groups is 1. The molecule has 33 heavy (non-hydrogen) atoms. The van der Waals surface area contributed by atoms with Gasteiger partial charge in [-0.2, -0.15) is 0 Å². The maximum Gasteiger partial charge on any atom is 0.341 e. The number of hydrogen-bond acceptors (Lipinski definition) is 4. The SMILES string of the molecule is Cc1cc(C(Cc2ccccc2)=NOCCn2ccc3ccccc32)ccc1OCC(=O)O. The van der Waals surface area contributed by atoms with Crippen molar-refractivity contribution in [2.75, 3.05) is 13.2 Å². The van der Waals surface area contributed by atoms with E-state index in [1.807, 2.05) is 49.4 Å². The number of carboxylic acid groups (broad SMARTS) is 1. The van der Waals surface area contributed by atoms with Crippen molar-refractivity contribution in [1.29, 1.82) is 0 Å². The summed E-state index contributed by atoms with van der Waals surface area (Å²) in [6, 6.07) is 26.0. The molecule has 0 radical (unpaired) electrons. The number of nitrogens with zero attached hydrogens (tertiary/aromatic N) is 2. The van der Waals surface area contributed by atoms with E-state index in [4.69, 9.17) is 14.7 Å². The highest BCUT2D eigenvalue weighted by Crippen LogP contribution is 2.21. The first-order valence-electron chi connectivity index (χ1n) is 10.8. The number of ether oxygens (including phenoxy) is 1. The van der Waals surface area contributed by atoms with Gasteiger partial charge in [-0.3, -0.25) is 0 Å². The Bertz CT molecular complexity index is 1260. The van der Waals surface area contributed by atoms with Crippen LogP contribution in [0.2, 0.25) is 0 Å². The van der Waals surface area contributed by atoms with Gasteiger partial charge in [-0.1, -0.05) is 53.7 Å². The highest BCUT2D eigenvalue weighted by Gasteiger charge is 2.10. The molecule has 0 saturated carbocycles. The lowest BCUT2D eigenvalue weighted by molar-refractivity contribution is -0.139. The summed E-state index contributed by atoms with van der Waals surface area (Å²) in [5.74, 6) is -0.464. The van der Waals surface area contributed by atoms with E-state index in [-0.39, 0.29) is 6.61 Å². The van der Waals surface area contributed by atoms with Gasteiger partial charge in [0.2, 0.25) is 0 Å². The van der Waals surface area contributed by atoms with Crippen LogP contribution in [0.5, 0.6) is 5.75 Å². The number of rotatable bonds is 10. The molecule has 168 valence electrons. The molecule has 6 heteroatoms. The monoisotopic (exact) mass is 442 g/mol. The van der Waals surface area contributed by atoms with Crippen LogP contribution in [-0.4, -0.2) is 34.6 Å². The fraction of sp³-hybridized carbons (Fsp3) is 0.185. The summed E-state index contributed by atoms with van der Waals surface area (Å²) in [6.07, 6.45) is 2.67. The van der Waals surface area contributed by atoms with Gasteiger partial charge in [0.15, 0.2) is 6.61 Å². The van der Waals surface area contributed by atoms with Gasteiger partial charge in [-0.15, -0.1) is 0 Å². The molecule has 0 aliphatic carbocycles. The average Bonchev–Trinajstić information content (AvgIpc) is 3.24. The van der Waals surface area contributed by atoms with E-state index in [2.05, 4.69) is 46.3 Å². The molecule has 0 amide bonds. The van der Waals surface area contributed by atoms with Gasteiger partial charge >= 0.3 is 5.97 Å². The van der Waals surface area contributed by atoms with E-state index in [0.717, 1.165) is 22.4 Å². The first-order valence-corrected chi connectivity index (χ1v) is 10.8. The van der Waals surface area contributed by atoms with Gasteiger partial charge in [0.25, 0.3) is 0 Å². The number of aliphatic carboxylic acids is 1. The molecule has 4 aromatic rings. The molecule has 4 rings (SSSR count). The summed E-state index contributed by atoms with van der Waals surface area (Å²) in [4.78, 5) is 16.6. The topological polar surface area (TPSA) is 73.0 Å². The zero-order valence-corrected chi connectivity index (χ0v) is 18.5. The lowest BCUT2D eigenvalue weighted by Crippen LogP contribution is -2.11. The Morgan fingerprint density at radius 2 is 1.79 bits per heavy atom. The van der Waals surface area contributed by atoms with Crippen LogP contribution in [0.4, 0.5) is 0 Å². The van der Waals surface area contributed by atoms with Crippen molar-refractivity contribution >= 4 is 22.6 Å². The van der Waals surface area contributed by atoms with E-state index >= 15 is 0 Å². The van der Waals surface area contributed by atoms with Gasteiger partial charge in [-0.25, -0.2) is 4.79 Å². The molecule has 6 nitrogen and oxygen atoms in total.